The number of ether oxygens (including phenoxy) is 1. The minimum Gasteiger partial charge on any atom is -0.468 e. The Balaban J connectivity index is 3.58. The molecule has 0 saturated heterocycles. The van der Waals surface area contributed by atoms with Gasteiger partial charge in [-0.25, -0.2) is 0 Å². The molecule has 0 heterocycles. The van der Waals surface area contributed by atoms with E-state index in [1.54, 1.807) is 0 Å². The molecule has 0 radical (unpaired) electrons. The van der Waals surface area contributed by atoms with Crippen molar-refractivity contribution >= 4 is 35.2 Å². The fourth-order valence-corrected chi connectivity index (χ4v) is 3.57. The van der Waals surface area contributed by atoms with Crippen LogP contribution < -0.4 is 0 Å². The highest BCUT2D eigenvalue weighted by Gasteiger charge is 2.45. The Hall–Kier alpha value is -1.28. The van der Waals surface area contributed by atoms with E-state index in [1.165, 1.54) is 18.2 Å². The number of nitro groups is 1. The van der Waals surface area contributed by atoms with Gasteiger partial charge in [-0.05, 0) is 12.1 Å². The summed E-state index contributed by atoms with van der Waals surface area (Å²) in [5, 5.41) is 11.2. The molecule has 1 aromatic carbocycles. The minimum absolute atomic E-state index is 0.109. The highest BCUT2D eigenvalue weighted by Crippen LogP contribution is 2.61. The van der Waals surface area contributed by atoms with Crippen molar-refractivity contribution < 1.29 is 28.1 Å². The predicted molar refractivity (Wildman–Crippen MR) is 77.2 cm³/mol. The SMILES string of the molecule is COC(=O)[C@@H](c1ccc(Br)cc1[N+](=O)[O-])P(=O)(OC)OC. The summed E-state index contributed by atoms with van der Waals surface area (Å²) in [6, 6.07) is 3.98. The van der Waals surface area contributed by atoms with E-state index in [1.807, 2.05) is 0 Å². The third-order valence-electron chi connectivity index (χ3n) is 2.73. The van der Waals surface area contributed by atoms with Gasteiger partial charge >= 0.3 is 13.6 Å². The van der Waals surface area contributed by atoms with Crippen LogP contribution in [-0.4, -0.2) is 32.2 Å². The molecule has 8 nitrogen and oxygen atoms in total. The quantitative estimate of drug-likeness (QED) is 0.322. The van der Waals surface area contributed by atoms with Crippen LogP contribution in [0.4, 0.5) is 5.69 Å². The Labute approximate surface area is 129 Å². The predicted octanol–water partition coefficient (Wildman–Crippen LogP) is 3.06. The maximum Gasteiger partial charge on any atom is 0.349 e. The molecule has 21 heavy (non-hydrogen) atoms. The summed E-state index contributed by atoms with van der Waals surface area (Å²) in [6.45, 7) is 0. The third-order valence-corrected chi connectivity index (χ3v) is 5.37. The van der Waals surface area contributed by atoms with Crippen molar-refractivity contribution in [1.29, 1.82) is 0 Å². The lowest BCUT2D eigenvalue weighted by molar-refractivity contribution is -0.385. The molecule has 0 aromatic heterocycles. The maximum atomic E-state index is 12.5. The first-order valence-corrected chi connectivity index (χ1v) is 7.94. The zero-order valence-corrected chi connectivity index (χ0v) is 13.9. The van der Waals surface area contributed by atoms with Crippen molar-refractivity contribution in [2.45, 2.75) is 5.66 Å². The molecule has 0 saturated carbocycles. The molecule has 0 fully saturated rings. The highest BCUT2D eigenvalue weighted by molar-refractivity contribution is 9.10. The smallest absolute Gasteiger partial charge is 0.349 e. The lowest BCUT2D eigenvalue weighted by Gasteiger charge is -2.22. The van der Waals surface area contributed by atoms with Crippen LogP contribution in [0.15, 0.2) is 22.7 Å². The summed E-state index contributed by atoms with van der Waals surface area (Å²) < 4.78 is 27.1. The molecule has 116 valence electrons. The van der Waals surface area contributed by atoms with Crippen LogP contribution in [0, 0.1) is 10.1 Å². The fraction of sp³-hybridized carbons (Fsp3) is 0.364. The highest BCUT2D eigenvalue weighted by atomic mass is 79.9. The average molecular weight is 382 g/mol. The molecule has 0 N–H and O–H groups in total. The van der Waals surface area contributed by atoms with Crippen LogP contribution in [0.3, 0.4) is 0 Å². The minimum atomic E-state index is -3.96. The zero-order valence-electron chi connectivity index (χ0n) is 11.4. The summed E-state index contributed by atoms with van der Waals surface area (Å²) in [5.41, 5.74) is -2.05. The zero-order chi connectivity index (χ0) is 16.2. The molecule has 1 rings (SSSR count). The molecule has 1 aromatic rings. The van der Waals surface area contributed by atoms with E-state index in [0.717, 1.165) is 21.3 Å². The number of esters is 1. The van der Waals surface area contributed by atoms with Crippen LogP contribution in [0.2, 0.25) is 0 Å². The summed E-state index contributed by atoms with van der Waals surface area (Å²) >= 11 is 3.10. The van der Waals surface area contributed by atoms with Crippen LogP contribution in [0.1, 0.15) is 11.2 Å². The monoisotopic (exact) mass is 381 g/mol. The Bertz CT molecular complexity index is 598. The van der Waals surface area contributed by atoms with E-state index in [9.17, 15) is 19.5 Å². The molecule has 0 bridgehead atoms. The Morgan fingerprint density at radius 3 is 2.33 bits per heavy atom. The standard InChI is InChI=1S/C11H13BrNO7P/c1-18-11(14)10(21(17,19-2)20-3)8-5-4-7(12)6-9(8)13(15)16/h4-6,10H,1-3H3/t10-/m1/s1. The fourth-order valence-electron chi connectivity index (χ4n) is 1.73. The summed E-state index contributed by atoms with van der Waals surface area (Å²) in [5.74, 6) is -0.951. The normalized spacial score (nSPS) is 12.8. The molecule has 0 spiro atoms. The van der Waals surface area contributed by atoms with E-state index in [4.69, 9.17) is 9.05 Å². The van der Waals surface area contributed by atoms with E-state index in [0.29, 0.717) is 4.47 Å². The molecule has 10 heteroatoms. The Morgan fingerprint density at radius 1 is 1.33 bits per heavy atom. The second-order valence-electron chi connectivity index (χ2n) is 3.79. The number of nitrogens with zero attached hydrogens (tertiary/aromatic N) is 1. The van der Waals surface area contributed by atoms with Crippen LogP contribution in [0.25, 0.3) is 0 Å². The molecule has 0 unspecified atom stereocenters. The van der Waals surface area contributed by atoms with Gasteiger partial charge in [0.25, 0.3) is 5.69 Å². The van der Waals surface area contributed by atoms with Crippen molar-refractivity contribution in [3.63, 3.8) is 0 Å². The van der Waals surface area contributed by atoms with E-state index in [-0.39, 0.29) is 5.56 Å². The van der Waals surface area contributed by atoms with Gasteiger partial charge in [-0.1, -0.05) is 15.9 Å². The van der Waals surface area contributed by atoms with Gasteiger partial charge in [-0.15, -0.1) is 0 Å². The number of halogens is 1. The molecule has 1 atom stereocenters. The Kier molecular flexibility index (Phi) is 6.03. The largest absolute Gasteiger partial charge is 0.468 e. The van der Waals surface area contributed by atoms with Crippen molar-refractivity contribution in [3.05, 3.63) is 38.3 Å². The number of carbonyl (C=O) groups is 1. The van der Waals surface area contributed by atoms with Crippen molar-refractivity contribution in [2.75, 3.05) is 21.3 Å². The number of rotatable bonds is 6. The lowest BCUT2D eigenvalue weighted by Crippen LogP contribution is -2.17. The van der Waals surface area contributed by atoms with E-state index in [2.05, 4.69) is 20.7 Å². The van der Waals surface area contributed by atoms with Gasteiger partial charge in [-0.2, -0.15) is 0 Å². The second kappa shape index (κ2) is 7.13. The van der Waals surface area contributed by atoms with Crippen molar-refractivity contribution in [2.24, 2.45) is 0 Å². The van der Waals surface area contributed by atoms with Crippen LogP contribution >= 0.6 is 23.5 Å². The van der Waals surface area contributed by atoms with Gasteiger partial charge in [0.1, 0.15) is 0 Å². The van der Waals surface area contributed by atoms with Gasteiger partial charge < -0.3 is 13.8 Å². The number of benzene rings is 1. The van der Waals surface area contributed by atoms with Gasteiger partial charge in [0.2, 0.25) is 0 Å². The first-order chi connectivity index (χ1) is 9.80. The van der Waals surface area contributed by atoms with Crippen molar-refractivity contribution in [3.8, 4) is 0 Å². The van der Waals surface area contributed by atoms with Crippen LogP contribution in [0.5, 0.6) is 0 Å². The number of nitro benzene ring substituents is 1. The second-order valence-corrected chi connectivity index (χ2v) is 7.03. The molecular weight excluding hydrogens is 369 g/mol. The molecule has 0 amide bonds. The molecule has 0 aliphatic carbocycles. The molecule has 0 aliphatic heterocycles. The number of methoxy groups -OCH3 is 1. The molecular formula is C11H13BrNO7P. The lowest BCUT2D eigenvalue weighted by atomic mass is 10.1. The average Bonchev–Trinajstić information content (AvgIpc) is 2.48. The van der Waals surface area contributed by atoms with Crippen molar-refractivity contribution in [1.82, 2.24) is 0 Å². The molecule has 0 aliphatic rings. The van der Waals surface area contributed by atoms with Gasteiger partial charge in [0.05, 0.1) is 17.6 Å². The first kappa shape index (κ1) is 17.8. The summed E-state index contributed by atoms with van der Waals surface area (Å²) in [4.78, 5) is 22.4. The number of hydrogen-bond donors (Lipinski definition) is 0. The Morgan fingerprint density at radius 2 is 1.90 bits per heavy atom. The van der Waals surface area contributed by atoms with Gasteiger partial charge in [0, 0.05) is 24.8 Å². The number of carbonyl (C=O) groups excluding carboxylic acids is 1. The first-order valence-electron chi connectivity index (χ1n) is 5.53. The van der Waals surface area contributed by atoms with E-state index < -0.39 is 29.8 Å². The number of hydrogen-bond acceptors (Lipinski definition) is 7. The van der Waals surface area contributed by atoms with E-state index >= 15 is 0 Å². The third kappa shape index (κ3) is 3.68. The summed E-state index contributed by atoms with van der Waals surface area (Å²) in [6.07, 6.45) is 0. The topological polar surface area (TPSA) is 105 Å². The van der Waals surface area contributed by atoms with Gasteiger partial charge in [-0.3, -0.25) is 19.5 Å². The maximum absolute atomic E-state index is 12.5. The summed E-state index contributed by atoms with van der Waals surface area (Å²) in [7, 11) is -0.706. The van der Waals surface area contributed by atoms with Crippen LogP contribution in [-0.2, 0) is 23.1 Å². The van der Waals surface area contributed by atoms with Gasteiger partial charge in [0.15, 0.2) is 5.66 Å².